The SMILES string of the molecule is CCCCC/C=C\C/C=C\CCCCCCCC(=O)OCCCCCCCCCCCCCCCCCCCCCCCCCCCCCCCC(=O)N[C@@H](CO)[C@H](O)[C@H](O)CCCCCCCCCCCCCCCCC. The van der Waals surface area contributed by atoms with Gasteiger partial charge in [0.2, 0.25) is 5.91 Å². The van der Waals surface area contributed by atoms with Gasteiger partial charge in [-0.15, -0.1) is 0 Å². The molecule has 3 atom stereocenters. The van der Waals surface area contributed by atoms with Crippen LogP contribution in [0.1, 0.15) is 386 Å². The lowest BCUT2D eigenvalue weighted by atomic mass is 9.99. The largest absolute Gasteiger partial charge is 0.466 e. The fraction of sp³-hybridized carbons (Fsp3) is 0.915. The second kappa shape index (κ2) is 66.1. The number of aliphatic hydroxyl groups is 3. The highest BCUT2D eigenvalue weighted by Crippen LogP contribution is 2.19. The molecule has 7 heteroatoms. The lowest BCUT2D eigenvalue weighted by Gasteiger charge is -2.26. The third-order valence-corrected chi connectivity index (χ3v) is 16.6. The first-order valence-electron chi connectivity index (χ1n) is 35.2. The van der Waals surface area contributed by atoms with Gasteiger partial charge in [-0.25, -0.2) is 0 Å². The molecule has 0 spiro atoms. The van der Waals surface area contributed by atoms with Gasteiger partial charge in [-0.1, -0.05) is 340 Å². The predicted octanol–water partition coefficient (Wildman–Crippen LogP) is 21.5. The summed E-state index contributed by atoms with van der Waals surface area (Å²) in [5.74, 6) is -0.139. The summed E-state index contributed by atoms with van der Waals surface area (Å²) in [5.41, 5.74) is 0. The molecule has 0 fully saturated rings. The number of unbranched alkanes of at least 4 members (excludes halogenated alkanes) is 50. The van der Waals surface area contributed by atoms with Crippen molar-refractivity contribution in [2.45, 2.75) is 405 Å². The Labute approximate surface area is 486 Å². The molecule has 4 N–H and O–H groups in total. The lowest BCUT2D eigenvalue weighted by molar-refractivity contribution is -0.143. The maximum atomic E-state index is 12.5. The fourth-order valence-electron chi connectivity index (χ4n) is 11.2. The van der Waals surface area contributed by atoms with Gasteiger partial charge in [-0.3, -0.25) is 9.59 Å². The molecule has 1 amide bonds. The molecule has 0 heterocycles. The molecule has 462 valence electrons. The number of aliphatic hydroxyl groups excluding tert-OH is 3. The van der Waals surface area contributed by atoms with Gasteiger partial charge in [0.25, 0.3) is 0 Å². The number of rotatable bonds is 66. The molecule has 0 radical (unpaired) electrons. The van der Waals surface area contributed by atoms with E-state index in [0.717, 1.165) is 64.2 Å². The summed E-state index contributed by atoms with van der Waals surface area (Å²) >= 11 is 0. The van der Waals surface area contributed by atoms with Gasteiger partial charge >= 0.3 is 5.97 Å². The van der Waals surface area contributed by atoms with Gasteiger partial charge in [-0.05, 0) is 57.8 Å². The molecule has 0 bridgehead atoms. The van der Waals surface area contributed by atoms with Gasteiger partial charge in [-0.2, -0.15) is 0 Å². The van der Waals surface area contributed by atoms with Crippen molar-refractivity contribution in [2.75, 3.05) is 13.2 Å². The van der Waals surface area contributed by atoms with Crippen LogP contribution in [-0.4, -0.2) is 58.7 Å². The molecular weight excluding hydrogens is 963 g/mol. The zero-order valence-electron chi connectivity index (χ0n) is 52.5. The predicted molar refractivity (Wildman–Crippen MR) is 339 cm³/mol. The summed E-state index contributed by atoms with van der Waals surface area (Å²) in [5, 5.41) is 33.8. The first kappa shape index (κ1) is 76.3. The molecule has 0 aliphatic rings. The van der Waals surface area contributed by atoms with E-state index >= 15 is 0 Å². The Morgan fingerprint density at radius 2 is 0.667 bits per heavy atom. The molecule has 0 rings (SSSR count). The minimum atomic E-state index is -1.14. The normalized spacial score (nSPS) is 13.0. The molecule has 0 saturated carbocycles. The molecule has 0 unspecified atom stereocenters. The van der Waals surface area contributed by atoms with E-state index in [-0.39, 0.29) is 18.5 Å². The second-order valence-corrected chi connectivity index (χ2v) is 24.4. The van der Waals surface area contributed by atoms with Crippen molar-refractivity contribution in [3.63, 3.8) is 0 Å². The third kappa shape index (κ3) is 60.4. The summed E-state index contributed by atoms with van der Waals surface area (Å²) in [6, 6.07) is -0.812. The second-order valence-electron chi connectivity index (χ2n) is 24.4. The van der Waals surface area contributed by atoms with Crippen LogP contribution in [0.4, 0.5) is 0 Å². The Kier molecular flexibility index (Phi) is 64.7. The monoisotopic (exact) mass is 1100 g/mol. The van der Waals surface area contributed by atoms with Gasteiger partial charge in [0.05, 0.1) is 25.4 Å². The Morgan fingerprint density at radius 1 is 0.372 bits per heavy atom. The highest BCUT2D eigenvalue weighted by atomic mass is 16.5. The number of nitrogens with one attached hydrogen (secondary N) is 1. The zero-order valence-corrected chi connectivity index (χ0v) is 52.5. The van der Waals surface area contributed by atoms with Gasteiger partial charge in [0.15, 0.2) is 0 Å². The lowest BCUT2D eigenvalue weighted by Crippen LogP contribution is -2.50. The Morgan fingerprint density at radius 3 is 1.04 bits per heavy atom. The number of carbonyl (C=O) groups is 2. The van der Waals surface area contributed by atoms with Crippen LogP contribution in [0.2, 0.25) is 0 Å². The molecule has 0 aromatic carbocycles. The van der Waals surface area contributed by atoms with E-state index < -0.39 is 18.2 Å². The van der Waals surface area contributed by atoms with Crippen molar-refractivity contribution >= 4 is 11.9 Å². The van der Waals surface area contributed by atoms with Crippen LogP contribution in [0.15, 0.2) is 24.3 Å². The molecule has 0 aromatic rings. The molecule has 0 saturated heterocycles. The minimum absolute atomic E-state index is 0.00331. The van der Waals surface area contributed by atoms with E-state index in [1.807, 2.05) is 0 Å². The van der Waals surface area contributed by atoms with E-state index in [9.17, 15) is 24.9 Å². The first-order valence-corrected chi connectivity index (χ1v) is 35.2. The van der Waals surface area contributed by atoms with Crippen molar-refractivity contribution < 1.29 is 29.6 Å². The van der Waals surface area contributed by atoms with Crippen molar-refractivity contribution in [3.05, 3.63) is 24.3 Å². The molecule has 0 aromatic heterocycles. The van der Waals surface area contributed by atoms with E-state index in [0.29, 0.717) is 25.9 Å². The number of ether oxygens (including phenoxy) is 1. The summed E-state index contributed by atoms with van der Waals surface area (Å²) in [7, 11) is 0. The highest BCUT2D eigenvalue weighted by molar-refractivity contribution is 5.76. The molecule has 7 nitrogen and oxygen atoms in total. The average Bonchev–Trinajstić information content (AvgIpc) is 3.44. The molecule has 0 aliphatic carbocycles. The Balaban J connectivity index is 3.38. The third-order valence-electron chi connectivity index (χ3n) is 16.6. The summed E-state index contributed by atoms with van der Waals surface area (Å²) in [6.45, 7) is 4.77. The van der Waals surface area contributed by atoms with Crippen LogP contribution in [0.5, 0.6) is 0 Å². The fourth-order valence-corrected chi connectivity index (χ4v) is 11.2. The van der Waals surface area contributed by atoms with Crippen LogP contribution in [0.3, 0.4) is 0 Å². The zero-order chi connectivity index (χ0) is 56.6. The highest BCUT2D eigenvalue weighted by Gasteiger charge is 2.27. The van der Waals surface area contributed by atoms with Crippen LogP contribution in [0, 0.1) is 0 Å². The van der Waals surface area contributed by atoms with Crippen LogP contribution < -0.4 is 5.32 Å². The topological polar surface area (TPSA) is 116 Å². The number of hydrogen-bond acceptors (Lipinski definition) is 6. The smallest absolute Gasteiger partial charge is 0.305 e. The summed E-state index contributed by atoms with van der Waals surface area (Å²) in [6.07, 6.45) is 79.6. The van der Waals surface area contributed by atoms with Crippen molar-refractivity contribution in [1.29, 1.82) is 0 Å². The van der Waals surface area contributed by atoms with Gasteiger partial charge in [0, 0.05) is 12.8 Å². The number of amides is 1. The van der Waals surface area contributed by atoms with E-state index in [4.69, 9.17) is 4.74 Å². The maximum Gasteiger partial charge on any atom is 0.305 e. The van der Waals surface area contributed by atoms with Crippen molar-refractivity contribution in [2.24, 2.45) is 0 Å². The molecular formula is C71H137NO6. The number of carbonyl (C=O) groups excluding carboxylic acids is 2. The molecule has 78 heavy (non-hydrogen) atoms. The van der Waals surface area contributed by atoms with Crippen LogP contribution in [0.25, 0.3) is 0 Å². The molecule has 0 aliphatic heterocycles. The van der Waals surface area contributed by atoms with Gasteiger partial charge in [0.1, 0.15) is 6.10 Å². The number of hydrogen-bond donors (Lipinski definition) is 4. The van der Waals surface area contributed by atoms with Crippen molar-refractivity contribution in [3.8, 4) is 0 Å². The first-order chi connectivity index (χ1) is 38.5. The maximum absolute atomic E-state index is 12.5. The van der Waals surface area contributed by atoms with E-state index in [1.165, 1.54) is 289 Å². The van der Waals surface area contributed by atoms with E-state index in [2.05, 4.69) is 43.5 Å². The summed E-state index contributed by atoms with van der Waals surface area (Å²) in [4.78, 5) is 24.6. The van der Waals surface area contributed by atoms with Gasteiger partial charge < -0.3 is 25.4 Å². The quantitative estimate of drug-likeness (QED) is 0.0274. The van der Waals surface area contributed by atoms with Crippen LogP contribution >= 0.6 is 0 Å². The summed E-state index contributed by atoms with van der Waals surface area (Å²) < 4.78 is 5.49. The van der Waals surface area contributed by atoms with E-state index in [1.54, 1.807) is 0 Å². The Bertz CT molecular complexity index is 1240. The number of allylic oxidation sites excluding steroid dienone is 4. The number of esters is 1. The Hall–Kier alpha value is -1.70. The minimum Gasteiger partial charge on any atom is -0.466 e. The van der Waals surface area contributed by atoms with Crippen LogP contribution in [-0.2, 0) is 14.3 Å². The van der Waals surface area contributed by atoms with Crippen molar-refractivity contribution in [1.82, 2.24) is 5.32 Å². The standard InChI is InChI=1S/C71H137NO6/c1-3-5-7-9-11-13-15-17-34-38-42-46-50-54-58-62-68(74)71(77)67(66-73)72-69(75)63-59-55-51-47-43-39-36-32-30-28-26-24-22-20-19-21-23-25-27-29-31-33-37-41-45-49-53-57-61-65-78-70(76)64-60-56-52-48-44-40-35-18-16-14-12-10-8-6-4-2/h12,14,18,35,67-68,71,73-74,77H,3-11,13,15-17,19-34,36-66H2,1-2H3,(H,72,75)/b14-12-,35-18-/t67-,68+,71-/m0/s1. The average molecular weight is 1100 g/mol.